The molecule has 0 saturated heterocycles. The lowest BCUT2D eigenvalue weighted by Crippen LogP contribution is -2.55. The second-order valence-electron chi connectivity index (χ2n) is 13.8. The summed E-state index contributed by atoms with van der Waals surface area (Å²) in [6.45, 7) is 4.39. The van der Waals surface area contributed by atoms with Crippen molar-refractivity contribution < 1.29 is 38.2 Å². The van der Waals surface area contributed by atoms with Gasteiger partial charge < -0.3 is 28.6 Å². The zero-order valence-electron chi connectivity index (χ0n) is 32.7. The van der Waals surface area contributed by atoms with Gasteiger partial charge in [0.2, 0.25) is 0 Å². The lowest BCUT2D eigenvalue weighted by atomic mass is 10.1. The van der Waals surface area contributed by atoms with Crippen molar-refractivity contribution in [1.29, 1.82) is 0 Å². The average molecular weight is 714 g/mol. The molecule has 0 aromatic rings. The van der Waals surface area contributed by atoms with Gasteiger partial charge in [0.05, 0.1) is 40.3 Å². The average Bonchev–Trinajstić information content (AvgIpc) is 3.08. The first-order valence-electron chi connectivity index (χ1n) is 19.5. The molecule has 0 saturated carbocycles. The smallest absolute Gasteiger partial charge is 0.306 e. The molecule has 51 heavy (non-hydrogen) atoms. The number of allylic oxidation sites excluding steroid dienone is 12. The van der Waals surface area contributed by atoms with E-state index in [9.17, 15) is 19.5 Å². The zero-order valence-corrected chi connectivity index (χ0v) is 32.7. The molecular weight excluding hydrogens is 642 g/mol. The molecule has 0 rings (SSSR count). The van der Waals surface area contributed by atoms with Gasteiger partial charge in [0, 0.05) is 19.3 Å². The predicted molar refractivity (Wildman–Crippen MR) is 208 cm³/mol. The second kappa shape index (κ2) is 33.9. The van der Waals surface area contributed by atoms with E-state index in [2.05, 4.69) is 80.7 Å². The van der Waals surface area contributed by atoms with E-state index in [1.54, 1.807) is 21.1 Å². The Morgan fingerprint density at radius 3 is 1.69 bits per heavy atom. The second-order valence-corrected chi connectivity index (χ2v) is 13.8. The Morgan fingerprint density at radius 1 is 0.608 bits per heavy atom. The summed E-state index contributed by atoms with van der Waals surface area (Å²) in [6.07, 6.45) is 40.9. The van der Waals surface area contributed by atoms with E-state index in [0.29, 0.717) is 12.8 Å². The maximum absolute atomic E-state index is 12.6. The van der Waals surface area contributed by atoms with Gasteiger partial charge in [0.1, 0.15) is 12.6 Å². The molecule has 0 radical (unpaired) electrons. The van der Waals surface area contributed by atoms with Gasteiger partial charge >= 0.3 is 11.9 Å². The van der Waals surface area contributed by atoms with Crippen molar-refractivity contribution in [3.63, 3.8) is 0 Å². The van der Waals surface area contributed by atoms with Crippen LogP contribution in [0, 0.1) is 0 Å². The SMILES string of the molecule is CC/C=C/C/C=C/C/C=C/C/C=C/C/C=C/CCCCCC(=O)OC(COCCC(C(=O)[O-])[N+](C)(C)C)COC(=O)CC/C=C/CCCCCC. The van der Waals surface area contributed by atoms with Crippen LogP contribution in [0.4, 0.5) is 0 Å². The Bertz CT molecular complexity index is 1060. The largest absolute Gasteiger partial charge is 0.544 e. The van der Waals surface area contributed by atoms with Crippen molar-refractivity contribution in [2.45, 2.75) is 142 Å². The van der Waals surface area contributed by atoms with Crippen LogP contribution in [0.25, 0.3) is 0 Å². The number of likely N-dealkylation sites (N-methyl/N-ethyl adjacent to an activating group) is 1. The number of hydrogen-bond acceptors (Lipinski definition) is 7. The molecule has 8 heteroatoms. The van der Waals surface area contributed by atoms with Gasteiger partial charge in [0.25, 0.3) is 0 Å². The molecule has 0 aliphatic heterocycles. The number of ether oxygens (including phenoxy) is 3. The van der Waals surface area contributed by atoms with E-state index < -0.39 is 18.1 Å². The van der Waals surface area contributed by atoms with Gasteiger partial charge in [-0.1, -0.05) is 112 Å². The lowest BCUT2D eigenvalue weighted by Gasteiger charge is -2.34. The number of rotatable bonds is 33. The Kier molecular flexibility index (Phi) is 31.7. The summed E-state index contributed by atoms with van der Waals surface area (Å²) in [5.41, 5.74) is 0. The number of carbonyl (C=O) groups excluding carboxylic acids is 3. The molecule has 2 atom stereocenters. The van der Waals surface area contributed by atoms with Gasteiger partial charge in [0.15, 0.2) is 6.10 Å². The number of nitrogens with zero attached hydrogens (tertiary/aromatic N) is 1. The summed E-state index contributed by atoms with van der Waals surface area (Å²) in [5.74, 6) is -1.86. The molecule has 0 spiro atoms. The fourth-order valence-corrected chi connectivity index (χ4v) is 5.05. The molecule has 8 nitrogen and oxygen atoms in total. The monoisotopic (exact) mass is 714 g/mol. The third-order valence-corrected chi connectivity index (χ3v) is 8.09. The van der Waals surface area contributed by atoms with E-state index in [0.717, 1.165) is 64.2 Å². The minimum Gasteiger partial charge on any atom is -0.544 e. The van der Waals surface area contributed by atoms with E-state index >= 15 is 0 Å². The van der Waals surface area contributed by atoms with Crippen molar-refractivity contribution in [3.05, 3.63) is 72.9 Å². The molecule has 0 aromatic carbocycles. The molecule has 2 unspecified atom stereocenters. The number of carboxylic acid groups (broad SMARTS) is 1. The maximum atomic E-state index is 12.6. The van der Waals surface area contributed by atoms with Gasteiger partial charge in [-0.2, -0.15) is 0 Å². The molecule has 0 fully saturated rings. The summed E-state index contributed by atoms with van der Waals surface area (Å²) >= 11 is 0. The van der Waals surface area contributed by atoms with Crippen molar-refractivity contribution in [2.24, 2.45) is 0 Å². The van der Waals surface area contributed by atoms with Crippen molar-refractivity contribution in [2.75, 3.05) is 41.0 Å². The first-order valence-corrected chi connectivity index (χ1v) is 19.5. The molecule has 0 bridgehead atoms. The molecule has 290 valence electrons. The topological polar surface area (TPSA) is 102 Å². The highest BCUT2D eigenvalue weighted by molar-refractivity contribution is 5.70. The number of unbranched alkanes of at least 4 members (excludes halogenated alkanes) is 7. The molecule has 0 amide bonds. The van der Waals surface area contributed by atoms with Crippen LogP contribution in [-0.2, 0) is 28.6 Å². The first kappa shape index (κ1) is 47.8. The number of aliphatic carboxylic acids is 1. The third-order valence-electron chi connectivity index (χ3n) is 8.09. The highest BCUT2D eigenvalue weighted by atomic mass is 16.6. The molecule has 0 heterocycles. The molecule has 0 aromatic heterocycles. The number of carboxylic acids is 1. The van der Waals surface area contributed by atoms with E-state index in [-0.39, 0.29) is 55.5 Å². The predicted octanol–water partition coefficient (Wildman–Crippen LogP) is 8.68. The third kappa shape index (κ3) is 32.4. The van der Waals surface area contributed by atoms with Crippen LogP contribution in [0.5, 0.6) is 0 Å². The van der Waals surface area contributed by atoms with Gasteiger partial charge in [-0.25, -0.2) is 0 Å². The van der Waals surface area contributed by atoms with Crippen LogP contribution in [-0.4, -0.2) is 75.5 Å². The maximum Gasteiger partial charge on any atom is 0.306 e. The van der Waals surface area contributed by atoms with Crippen molar-refractivity contribution in [3.8, 4) is 0 Å². The van der Waals surface area contributed by atoms with Crippen LogP contribution >= 0.6 is 0 Å². The number of quaternary nitrogens is 1. The standard InChI is InChI=1S/C43H71NO7/c1-6-8-10-12-14-16-17-18-19-20-21-22-23-24-25-26-28-30-32-34-42(46)51-39(37-49-36-35-40(43(47)48)44(3,4)5)38-50-41(45)33-31-29-27-15-13-11-9-7-2/h8,10,14,16,18-19,21-22,24-25,27,29,39-40H,6-7,9,11-13,15,17,20,23,26,28,30-38H2,1-5H3/b10-8+,16-14+,19-18+,22-21+,25-24+,29-27+. The van der Waals surface area contributed by atoms with E-state index in [4.69, 9.17) is 14.2 Å². The highest BCUT2D eigenvalue weighted by Crippen LogP contribution is 2.11. The van der Waals surface area contributed by atoms with Crippen LogP contribution in [0.2, 0.25) is 0 Å². The fourth-order valence-electron chi connectivity index (χ4n) is 5.05. The zero-order chi connectivity index (χ0) is 37.8. The van der Waals surface area contributed by atoms with Crippen LogP contribution in [0.1, 0.15) is 129 Å². The van der Waals surface area contributed by atoms with Crippen molar-refractivity contribution >= 4 is 17.9 Å². The summed E-state index contributed by atoms with van der Waals surface area (Å²) < 4.78 is 17.0. The Balaban J connectivity index is 4.47. The molecule has 0 N–H and O–H groups in total. The normalized spacial score (nSPS) is 13.8. The van der Waals surface area contributed by atoms with E-state index in [1.165, 1.54) is 19.3 Å². The highest BCUT2D eigenvalue weighted by Gasteiger charge is 2.25. The quantitative estimate of drug-likeness (QED) is 0.0290. The van der Waals surface area contributed by atoms with Crippen molar-refractivity contribution in [1.82, 2.24) is 0 Å². The number of esters is 2. The summed E-state index contributed by atoms with van der Waals surface area (Å²) in [5, 5.41) is 11.6. The Morgan fingerprint density at radius 2 is 1.14 bits per heavy atom. The van der Waals surface area contributed by atoms with E-state index in [1.807, 2.05) is 6.08 Å². The summed E-state index contributed by atoms with van der Waals surface area (Å²) in [4.78, 5) is 36.5. The fraction of sp³-hybridized carbons (Fsp3) is 0.651. The molecule has 0 aliphatic rings. The summed E-state index contributed by atoms with van der Waals surface area (Å²) in [6, 6.07) is -0.738. The van der Waals surface area contributed by atoms with Crippen LogP contribution in [0.3, 0.4) is 0 Å². The Hall–Kier alpha value is -3.23. The van der Waals surface area contributed by atoms with Crippen LogP contribution < -0.4 is 5.11 Å². The number of hydrogen-bond donors (Lipinski definition) is 0. The lowest BCUT2D eigenvalue weighted by molar-refractivity contribution is -0.889. The minimum absolute atomic E-state index is 0.0116. The number of carbonyl (C=O) groups is 3. The van der Waals surface area contributed by atoms with Crippen LogP contribution in [0.15, 0.2) is 72.9 Å². The van der Waals surface area contributed by atoms with Gasteiger partial charge in [-0.3, -0.25) is 9.59 Å². The summed E-state index contributed by atoms with van der Waals surface area (Å²) in [7, 11) is 5.36. The minimum atomic E-state index is -1.14. The van der Waals surface area contributed by atoms with Gasteiger partial charge in [-0.15, -0.1) is 0 Å². The molecular formula is C43H71NO7. The first-order chi connectivity index (χ1) is 24.6. The molecule has 0 aliphatic carbocycles. The van der Waals surface area contributed by atoms with Gasteiger partial charge in [-0.05, 0) is 70.6 Å². The Labute approximate surface area is 311 Å².